The molecule has 0 bridgehead atoms. The van der Waals surface area contributed by atoms with Gasteiger partial charge in [-0.1, -0.05) is 0 Å². The Balaban J connectivity index is 2.15. The van der Waals surface area contributed by atoms with E-state index in [1.165, 1.54) is 17.8 Å². The molecule has 2 N–H and O–H groups in total. The Morgan fingerprint density at radius 1 is 1.43 bits per heavy atom. The van der Waals surface area contributed by atoms with Crippen LogP contribution in [0.1, 0.15) is 11.1 Å². The molecule has 0 fully saturated rings. The van der Waals surface area contributed by atoms with Crippen molar-refractivity contribution in [1.82, 2.24) is 19.9 Å². The molecule has 0 aliphatic carbocycles. The van der Waals surface area contributed by atoms with Gasteiger partial charge in [-0.3, -0.25) is 0 Å². The van der Waals surface area contributed by atoms with E-state index in [0.717, 1.165) is 6.07 Å². The number of benzene rings is 1. The highest BCUT2D eigenvalue weighted by Crippen LogP contribution is 2.31. The summed E-state index contributed by atoms with van der Waals surface area (Å²) in [7, 11) is 0. The van der Waals surface area contributed by atoms with Crippen molar-refractivity contribution in [1.29, 1.82) is 0 Å². The quantitative estimate of drug-likeness (QED) is 0.778. The minimum atomic E-state index is -1.26. The van der Waals surface area contributed by atoms with Crippen molar-refractivity contribution in [3.8, 4) is 11.3 Å². The second-order valence-electron chi connectivity index (χ2n) is 4.94. The first-order valence-electron chi connectivity index (χ1n) is 6.72. The first-order valence-corrected chi connectivity index (χ1v) is 6.72. The van der Waals surface area contributed by atoms with E-state index in [1.54, 1.807) is 18.3 Å². The van der Waals surface area contributed by atoms with Gasteiger partial charge in [0.05, 0.1) is 11.1 Å². The summed E-state index contributed by atoms with van der Waals surface area (Å²) in [6.07, 6.45) is 1.60. The van der Waals surface area contributed by atoms with Crippen molar-refractivity contribution < 1.29 is 18.7 Å². The Bertz CT molecular complexity index is 908. The van der Waals surface area contributed by atoms with Crippen LogP contribution in [0, 0.1) is 18.6 Å². The number of hydrogen-bond donors (Lipinski definition) is 2. The second-order valence-corrected chi connectivity index (χ2v) is 4.94. The fourth-order valence-electron chi connectivity index (χ4n) is 2.40. The first-order chi connectivity index (χ1) is 11.0. The fourth-order valence-corrected chi connectivity index (χ4v) is 2.40. The minimum Gasteiger partial charge on any atom is -0.465 e. The monoisotopic (exact) mass is 318 g/mol. The summed E-state index contributed by atoms with van der Waals surface area (Å²) >= 11 is 0. The Kier molecular flexibility index (Phi) is 3.65. The first kappa shape index (κ1) is 14.9. The molecule has 0 aliphatic rings. The maximum absolute atomic E-state index is 14.7. The van der Waals surface area contributed by atoms with Gasteiger partial charge >= 0.3 is 6.09 Å². The molecule has 2 aromatic heterocycles. The van der Waals surface area contributed by atoms with Crippen molar-refractivity contribution in [3.63, 3.8) is 0 Å². The van der Waals surface area contributed by atoms with Gasteiger partial charge in [0.25, 0.3) is 0 Å². The van der Waals surface area contributed by atoms with E-state index >= 15 is 0 Å². The van der Waals surface area contributed by atoms with E-state index in [2.05, 4.69) is 15.4 Å². The smallest absolute Gasteiger partial charge is 0.404 e. The molecular weight excluding hydrogens is 306 g/mol. The summed E-state index contributed by atoms with van der Waals surface area (Å²) in [6, 6.07) is 4.47. The highest BCUT2D eigenvalue weighted by molar-refractivity contribution is 5.78. The van der Waals surface area contributed by atoms with Crippen LogP contribution in [0.15, 0.2) is 30.7 Å². The van der Waals surface area contributed by atoms with Gasteiger partial charge in [0.2, 0.25) is 0 Å². The Hall–Kier alpha value is -3.03. The number of carboxylic acid groups (broad SMARTS) is 1. The molecule has 0 saturated heterocycles. The van der Waals surface area contributed by atoms with Gasteiger partial charge in [-0.2, -0.15) is 5.10 Å². The number of nitrogens with zero attached hydrogens (tertiary/aromatic N) is 3. The number of carbonyl (C=O) groups is 1. The molecule has 2 heterocycles. The average Bonchev–Trinajstić information content (AvgIpc) is 2.99. The number of rotatable bonds is 3. The van der Waals surface area contributed by atoms with Gasteiger partial charge in [0.15, 0.2) is 0 Å². The topological polar surface area (TPSA) is 79.5 Å². The number of aromatic nitrogens is 3. The van der Waals surface area contributed by atoms with Crippen molar-refractivity contribution in [2.24, 2.45) is 0 Å². The molecule has 1 aromatic carbocycles. The summed E-state index contributed by atoms with van der Waals surface area (Å²) in [4.78, 5) is 14.5. The van der Waals surface area contributed by atoms with Crippen LogP contribution in [0.2, 0.25) is 0 Å². The third kappa shape index (κ3) is 2.59. The summed E-state index contributed by atoms with van der Waals surface area (Å²) in [5.41, 5.74) is 0.750. The molecular formula is C15H12F2N4O2. The molecule has 8 heteroatoms. The third-order valence-corrected chi connectivity index (χ3v) is 3.57. The number of halogens is 2. The average molecular weight is 318 g/mol. The normalized spacial score (nSPS) is 10.9. The van der Waals surface area contributed by atoms with Crippen LogP contribution in [-0.4, -0.2) is 25.8 Å². The van der Waals surface area contributed by atoms with E-state index in [-0.39, 0.29) is 28.9 Å². The van der Waals surface area contributed by atoms with Gasteiger partial charge in [0.1, 0.15) is 23.7 Å². The number of amides is 1. The predicted octanol–water partition coefficient (Wildman–Crippen LogP) is 2.75. The van der Waals surface area contributed by atoms with Gasteiger partial charge in [0, 0.05) is 12.7 Å². The van der Waals surface area contributed by atoms with Crippen molar-refractivity contribution in [3.05, 3.63) is 53.5 Å². The second kappa shape index (κ2) is 5.64. The maximum atomic E-state index is 14.7. The molecule has 6 nitrogen and oxygen atoms in total. The van der Waals surface area contributed by atoms with E-state index in [4.69, 9.17) is 5.11 Å². The minimum absolute atomic E-state index is 0.140. The van der Waals surface area contributed by atoms with Crippen molar-refractivity contribution in [2.45, 2.75) is 13.5 Å². The van der Waals surface area contributed by atoms with Crippen LogP contribution >= 0.6 is 0 Å². The van der Waals surface area contributed by atoms with Crippen molar-refractivity contribution in [2.75, 3.05) is 0 Å². The fraction of sp³-hybridized carbons (Fsp3) is 0.133. The van der Waals surface area contributed by atoms with Crippen LogP contribution in [-0.2, 0) is 6.54 Å². The largest absolute Gasteiger partial charge is 0.465 e. The molecule has 0 aliphatic heterocycles. The molecule has 0 atom stereocenters. The molecule has 1 amide bonds. The Labute approximate surface area is 129 Å². The lowest BCUT2D eigenvalue weighted by Crippen LogP contribution is -2.21. The maximum Gasteiger partial charge on any atom is 0.404 e. The molecule has 0 radical (unpaired) electrons. The summed E-state index contributed by atoms with van der Waals surface area (Å²) in [5.74, 6) is -1.58. The van der Waals surface area contributed by atoms with E-state index < -0.39 is 17.7 Å². The summed E-state index contributed by atoms with van der Waals surface area (Å²) in [6.45, 7) is 1.28. The lowest BCUT2D eigenvalue weighted by atomic mass is 10.0. The molecule has 118 valence electrons. The molecule has 0 saturated carbocycles. The lowest BCUT2D eigenvalue weighted by Gasteiger charge is -2.12. The molecule has 0 spiro atoms. The van der Waals surface area contributed by atoms with E-state index in [0.29, 0.717) is 5.52 Å². The third-order valence-electron chi connectivity index (χ3n) is 3.57. The van der Waals surface area contributed by atoms with E-state index in [9.17, 15) is 13.6 Å². The molecule has 3 rings (SSSR count). The molecule has 3 aromatic rings. The summed E-state index contributed by atoms with van der Waals surface area (Å²) < 4.78 is 30.6. The number of hydrogen-bond acceptors (Lipinski definition) is 3. The molecule has 0 unspecified atom stereocenters. The SMILES string of the molecule is Cc1c(CNC(=O)O)cc(F)c(-c2ncnn3cccc23)c1F. The van der Waals surface area contributed by atoms with Gasteiger partial charge in [-0.15, -0.1) is 0 Å². The van der Waals surface area contributed by atoms with Crippen LogP contribution in [0.25, 0.3) is 16.8 Å². The van der Waals surface area contributed by atoms with Crippen LogP contribution in [0.5, 0.6) is 0 Å². The van der Waals surface area contributed by atoms with Gasteiger partial charge in [-0.25, -0.2) is 23.1 Å². The molecule has 23 heavy (non-hydrogen) atoms. The number of fused-ring (bicyclic) bond motifs is 1. The van der Waals surface area contributed by atoms with E-state index in [1.807, 2.05) is 0 Å². The summed E-state index contributed by atoms with van der Waals surface area (Å²) in [5, 5.41) is 14.7. The van der Waals surface area contributed by atoms with Gasteiger partial charge < -0.3 is 10.4 Å². The zero-order valence-corrected chi connectivity index (χ0v) is 12.0. The van der Waals surface area contributed by atoms with Crippen LogP contribution in [0.3, 0.4) is 0 Å². The number of nitrogens with one attached hydrogen (secondary N) is 1. The lowest BCUT2D eigenvalue weighted by molar-refractivity contribution is 0.194. The highest BCUT2D eigenvalue weighted by atomic mass is 19.1. The van der Waals surface area contributed by atoms with Crippen LogP contribution < -0.4 is 5.32 Å². The van der Waals surface area contributed by atoms with Gasteiger partial charge in [-0.05, 0) is 36.2 Å². The predicted molar refractivity (Wildman–Crippen MR) is 77.9 cm³/mol. The Morgan fingerprint density at radius 3 is 2.96 bits per heavy atom. The zero-order valence-electron chi connectivity index (χ0n) is 12.0. The Morgan fingerprint density at radius 2 is 2.22 bits per heavy atom. The van der Waals surface area contributed by atoms with Crippen molar-refractivity contribution >= 4 is 11.6 Å². The zero-order chi connectivity index (χ0) is 16.6. The highest BCUT2D eigenvalue weighted by Gasteiger charge is 2.20. The van der Waals surface area contributed by atoms with Crippen LogP contribution in [0.4, 0.5) is 13.6 Å². The standard InChI is InChI=1S/C15H12F2N4O2/c1-8-9(6-18-15(22)23)5-10(16)12(13(8)17)14-11-3-2-4-21(11)20-7-19-14/h2-5,7,18H,6H2,1H3,(H,22,23).